The third-order valence-corrected chi connectivity index (χ3v) is 26.8. The molecule has 8 aromatic heterocycles. The van der Waals surface area contributed by atoms with Gasteiger partial charge in [0.1, 0.15) is 52.4 Å². The Bertz CT molecular complexity index is 5520. The average Bonchev–Trinajstić information content (AvgIpc) is 1.66. The zero-order valence-corrected chi connectivity index (χ0v) is 67.3. The Labute approximate surface area is 690 Å². The third kappa shape index (κ3) is 17.0. The molecule has 0 bridgehead atoms. The fourth-order valence-corrected chi connectivity index (χ4v) is 19.7. The number of H-pyrrole nitrogens is 4. The smallest absolute Gasteiger partial charge is 0.161 e. The van der Waals surface area contributed by atoms with E-state index in [1.807, 2.05) is 30.5 Å². The van der Waals surface area contributed by atoms with E-state index in [9.17, 15) is 48.3 Å². The normalized spacial score (nSPS) is 20.7. The molecule has 16 aromatic rings. The molecular formula is C96H88ClF11N12. The van der Waals surface area contributed by atoms with E-state index in [0.717, 1.165) is 188 Å². The Kier molecular flexibility index (Phi) is 23.3. The van der Waals surface area contributed by atoms with Crippen LogP contribution in [0.15, 0.2) is 170 Å². The van der Waals surface area contributed by atoms with E-state index in [2.05, 4.69) is 87.5 Å². The maximum atomic E-state index is 13.8. The van der Waals surface area contributed by atoms with Gasteiger partial charge >= 0.3 is 0 Å². The van der Waals surface area contributed by atoms with Gasteiger partial charge in [0.25, 0.3) is 0 Å². The predicted molar refractivity (Wildman–Crippen MR) is 448 cm³/mol. The van der Waals surface area contributed by atoms with Crippen LogP contribution in [-0.4, -0.2) is 59.8 Å². The molecule has 4 aliphatic carbocycles. The zero-order valence-electron chi connectivity index (χ0n) is 66.5. The van der Waals surface area contributed by atoms with E-state index in [1.165, 1.54) is 70.8 Å². The summed E-state index contributed by atoms with van der Waals surface area (Å²) < 4.78 is 150. The minimum Gasteiger partial charge on any atom is -0.342 e. The van der Waals surface area contributed by atoms with Crippen LogP contribution in [0.25, 0.3) is 87.7 Å². The van der Waals surface area contributed by atoms with Crippen molar-refractivity contribution in [3.63, 3.8) is 0 Å². The lowest BCUT2D eigenvalue weighted by Gasteiger charge is -2.32. The molecule has 616 valence electrons. The predicted octanol–water partition coefficient (Wildman–Crippen LogP) is 26.9. The lowest BCUT2D eigenvalue weighted by Crippen LogP contribution is -2.19. The van der Waals surface area contributed by atoms with Crippen molar-refractivity contribution >= 4 is 99.3 Å². The van der Waals surface area contributed by atoms with Crippen LogP contribution in [0.2, 0.25) is 5.02 Å². The summed E-state index contributed by atoms with van der Waals surface area (Å²) in [5.74, 6) is 0.629. The lowest BCUT2D eigenvalue weighted by atomic mass is 9.73. The fraction of sp³-hybridized carbons (Fsp3) is 0.333. The summed E-state index contributed by atoms with van der Waals surface area (Å²) in [7, 11) is 0. The number of aromatic amines is 4. The SMILES string of the molecule is CC(c1nc2cc(Cl)c(F)cc2[nH]1)C1CCC(c2ccnc3ccc(F)cc23)CC1.C[C@@H](c1nc2cc(F)c(F)cc2[nH]1)C1CCC(c2ccnc3ccc(F)cc23)CC1.C[C@H](c1nc2cc(F)c(F)cc2[nH]1)C1CCC(c2ccnc3ccc(F)cc23)CC1.C[C@H](c1nc2cc(F)c(F)cc2[nH]1)C1CCC(c2ccnc3ccc(F)cc23)CC1. The van der Waals surface area contributed by atoms with Crippen LogP contribution in [0, 0.1) is 87.7 Å². The minimum atomic E-state index is -0.880. The second kappa shape index (κ2) is 34.5. The van der Waals surface area contributed by atoms with Gasteiger partial charge in [0, 0.05) is 112 Å². The van der Waals surface area contributed by atoms with E-state index in [1.54, 1.807) is 73.2 Å². The third-order valence-electron chi connectivity index (χ3n) is 26.5. The van der Waals surface area contributed by atoms with Crippen LogP contribution in [-0.2, 0) is 0 Å². The first-order chi connectivity index (χ1) is 58.0. The monoisotopic (exact) mass is 1650 g/mol. The average molecular weight is 1650 g/mol. The van der Waals surface area contributed by atoms with Crippen molar-refractivity contribution in [1.29, 1.82) is 0 Å². The highest BCUT2D eigenvalue weighted by molar-refractivity contribution is 6.31. The van der Waals surface area contributed by atoms with Gasteiger partial charge in [0.2, 0.25) is 0 Å². The quantitative estimate of drug-likeness (QED) is 0.0878. The zero-order chi connectivity index (χ0) is 83.3. The van der Waals surface area contributed by atoms with Gasteiger partial charge < -0.3 is 19.9 Å². The highest BCUT2D eigenvalue weighted by Crippen LogP contribution is 2.49. The van der Waals surface area contributed by atoms with Crippen molar-refractivity contribution in [1.82, 2.24) is 59.8 Å². The largest absolute Gasteiger partial charge is 0.342 e. The number of nitrogens with zero attached hydrogens (tertiary/aromatic N) is 8. The summed E-state index contributed by atoms with van der Waals surface area (Å²) >= 11 is 5.89. The Morgan fingerprint density at radius 2 is 0.475 bits per heavy atom. The van der Waals surface area contributed by atoms with Gasteiger partial charge in [-0.1, -0.05) is 39.3 Å². The van der Waals surface area contributed by atoms with Crippen LogP contribution in [0.3, 0.4) is 0 Å². The molecule has 0 aliphatic heterocycles. The van der Waals surface area contributed by atoms with Crippen LogP contribution >= 0.6 is 11.6 Å². The number of halogens is 12. The highest BCUT2D eigenvalue weighted by Gasteiger charge is 2.35. The molecule has 0 amide bonds. The Morgan fingerprint density at radius 3 is 0.717 bits per heavy atom. The molecule has 4 fully saturated rings. The molecule has 4 N–H and O–H groups in total. The standard InChI is InChI=1S/C24H22ClF2N3.3C24H22F3N3/c1-13(24-29-22-11-19(25)20(27)12-23(22)30-24)14-2-4-15(5-3-14)17-8-9-28-21-7-6-16(26)10-18(17)21;3*1-13(24-29-22-11-19(26)20(27)12-23(22)30-24)14-2-4-15(5-3-14)17-8-9-28-21-7-6-16(25)10-18(17)21/h4*6-15H,2-5H2,1H3,(H,29,30)/t;3*13-,14?,15?/m.100/s1. The van der Waals surface area contributed by atoms with Crippen molar-refractivity contribution in [2.24, 2.45) is 23.7 Å². The van der Waals surface area contributed by atoms with E-state index < -0.39 is 40.7 Å². The molecule has 0 spiro atoms. The Balaban J connectivity index is 0.000000114. The number of nitrogens with one attached hydrogen (secondary N) is 4. The second-order valence-corrected chi connectivity index (χ2v) is 33.9. The molecule has 4 aliphatic rings. The van der Waals surface area contributed by atoms with E-state index in [0.29, 0.717) is 91.5 Å². The summed E-state index contributed by atoms with van der Waals surface area (Å²) in [4.78, 5) is 48.4. The summed E-state index contributed by atoms with van der Waals surface area (Å²) in [6.45, 7) is 8.53. The molecule has 4 saturated carbocycles. The molecular weight excluding hydrogens is 1570 g/mol. The van der Waals surface area contributed by atoms with Crippen LogP contribution in [0.5, 0.6) is 0 Å². The number of fused-ring (bicyclic) bond motifs is 8. The van der Waals surface area contributed by atoms with Gasteiger partial charge in [-0.25, -0.2) is 68.2 Å². The van der Waals surface area contributed by atoms with Crippen molar-refractivity contribution < 1.29 is 48.3 Å². The first kappa shape index (κ1) is 81.2. The first-order valence-corrected chi connectivity index (χ1v) is 41.9. The summed E-state index contributed by atoms with van der Waals surface area (Å²) in [5, 5.41) is 3.71. The summed E-state index contributed by atoms with van der Waals surface area (Å²) in [5.41, 5.74) is 12.3. The molecule has 20 rings (SSSR count). The van der Waals surface area contributed by atoms with Crippen molar-refractivity contribution in [2.45, 2.75) is 178 Å². The molecule has 0 saturated heterocycles. The number of benzene rings is 8. The lowest BCUT2D eigenvalue weighted by molar-refractivity contribution is 0.286. The Hall–Kier alpha value is -11.2. The number of pyridine rings is 4. The number of hydrogen-bond acceptors (Lipinski definition) is 8. The number of hydrogen-bond donors (Lipinski definition) is 4. The maximum absolute atomic E-state index is 13.8. The molecule has 120 heavy (non-hydrogen) atoms. The number of aromatic nitrogens is 12. The molecule has 8 aromatic carbocycles. The fourth-order valence-electron chi connectivity index (χ4n) is 19.6. The van der Waals surface area contributed by atoms with Crippen LogP contribution in [0.1, 0.15) is 223 Å². The molecule has 8 heterocycles. The van der Waals surface area contributed by atoms with Crippen LogP contribution in [0.4, 0.5) is 48.3 Å². The van der Waals surface area contributed by atoms with Gasteiger partial charge in [0.05, 0.1) is 71.2 Å². The number of imidazole rings is 4. The molecule has 1 unspecified atom stereocenters. The first-order valence-electron chi connectivity index (χ1n) is 41.5. The maximum Gasteiger partial charge on any atom is 0.161 e. The summed E-state index contributed by atoms with van der Waals surface area (Å²) in [6.07, 6.45) is 23.6. The second-order valence-electron chi connectivity index (χ2n) is 33.5. The van der Waals surface area contributed by atoms with Crippen molar-refractivity contribution in [2.75, 3.05) is 0 Å². The highest BCUT2D eigenvalue weighted by atomic mass is 35.5. The topological polar surface area (TPSA) is 166 Å². The van der Waals surface area contributed by atoms with Gasteiger partial charge in [-0.2, -0.15) is 0 Å². The van der Waals surface area contributed by atoms with E-state index in [4.69, 9.17) is 11.6 Å². The van der Waals surface area contributed by atoms with E-state index >= 15 is 0 Å². The van der Waals surface area contributed by atoms with Gasteiger partial charge in [0.15, 0.2) is 34.9 Å². The van der Waals surface area contributed by atoms with Crippen molar-refractivity contribution in [3.8, 4) is 0 Å². The van der Waals surface area contributed by atoms with Crippen LogP contribution < -0.4 is 0 Å². The molecule has 12 nitrogen and oxygen atoms in total. The van der Waals surface area contributed by atoms with Gasteiger partial charge in [-0.3, -0.25) is 19.9 Å². The van der Waals surface area contributed by atoms with Gasteiger partial charge in [-0.05, 0) is 275 Å². The van der Waals surface area contributed by atoms with Crippen molar-refractivity contribution in [3.05, 3.63) is 285 Å². The number of rotatable bonds is 12. The molecule has 4 atom stereocenters. The molecule has 0 radical (unpaired) electrons. The van der Waals surface area contributed by atoms with Gasteiger partial charge in [-0.15, -0.1) is 0 Å². The summed E-state index contributed by atoms with van der Waals surface area (Å²) in [6, 6.07) is 37.1. The minimum absolute atomic E-state index is 0.0923. The molecule has 24 heteroatoms. The van der Waals surface area contributed by atoms with E-state index in [-0.39, 0.29) is 52.0 Å². The Morgan fingerprint density at radius 1 is 0.258 bits per heavy atom.